The van der Waals surface area contributed by atoms with E-state index in [0.29, 0.717) is 17.4 Å². The van der Waals surface area contributed by atoms with E-state index in [1.807, 2.05) is 26.8 Å². The Balaban J connectivity index is 1.75. The van der Waals surface area contributed by atoms with Gasteiger partial charge in [0.1, 0.15) is 5.82 Å². The van der Waals surface area contributed by atoms with Gasteiger partial charge < -0.3 is 4.52 Å². The van der Waals surface area contributed by atoms with Crippen molar-refractivity contribution in [1.82, 2.24) is 20.3 Å². The lowest BCUT2D eigenvalue weighted by atomic mass is 9.91. The molecule has 0 amide bonds. The highest BCUT2D eigenvalue weighted by molar-refractivity contribution is 5.54. The summed E-state index contributed by atoms with van der Waals surface area (Å²) in [5.74, 6) is 0.855. The Labute approximate surface area is 132 Å². The molecule has 0 spiro atoms. The maximum Gasteiger partial charge on any atom is 0.278 e. The molecule has 0 saturated heterocycles. The predicted octanol–water partition coefficient (Wildman–Crippen LogP) is 3.60. The molecule has 0 bridgehead atoms. The summed E-state index contributed by atoms with van der Waals surface area (Å²) in [6, 6.07) is 4.87. The average molecular weight is 312 g/mol. The molecule has 1 saturated carbocycles. The molecule has 2 aromatic heterocycles. The van der Waals surface area contributed by atoms with Gasteiger partial charge in [-0.15, -0.1) is 0 Å². The highest BCUT2D eigenvalue weighted by atomic mass is 19.1. The summed E-state index contributed by atoms with van der Waals surface area (Å²) in [5.41, 5.74) is 4.41. The minimum absolute atomic E-state index is 0.224. The van der Waals surface area contributed by atoms with Crippen LogP contribution in [0.15, 0.2) is 22.7 Å². The van der Waals surface area contributed by atoms with Crippen LogP contribution in [0, 0.1) is 26.6 Å². The molecule has 6 heteroatoms. The van der Waals surface area contributed by atoms with Gasteiger partial charge in [0.2, 0.25) is 0 Å². The Hall–Kier alpha value is -2.50. The van der Waals surface area contributed by atoms with Crippen LogP contribution in [0.1, 0.15) is 41.1 Å². The highest BCUT2D eigenvalue weighted by Crippen LogP contribution is 2.53. The highest BCUT2D eigenvalue weighted by Gasteiger charge is 2.50. The first-order valence-electron chi connectivity index (χ1n) is 7.64. The molecule has 118 valence electrons. The second-order valence-electron chi connectivity index (χ2n) is 6.29. The minimum atomic E-state index is -0.251. The van der Waals surface area contributed by atoms with Crippen molar-refractivity contribution >= 4 is 0 Å². The summed E-state index contributed by atoms with van der Waals surface area (Å²) in [5, 5.41) is 11.3. The van der Waals surface area contributed by atoms with Crippen LogP contribution in [0.25, 0.3) is 11.6 Å². The first-order valence-corrected chi connectivity index (χ1v) is 7.64. The minimum Gasteiger partial charge on any atom is -0.332 e. The maximum absolute atomic E-state index is 13.4. The Kier molecular flexibility index (Phi) is 2.91. The number of hydrogen-bond donors (Lipinski definition) is 1. The molecule has 0 aliphatic heterocycles. The lowest BCUT2D eigenvalue weighted by molar-refractivity contribution is 0.416. The van der Waals surface area contributed by atoms with Gasteiger partial charge in [-0.25, -0.2) is 4.39 Å². The zero-order valence-corrected chi connectivity index (χ0v) is 13.3. The smallest absolute Gasteiger partial charge is 0.278 e. The molecule has 23 heavy (non-hydrogen) atoms. The number of H-pyrrole nitrogens is 1. The van der Waals surface area contributed by atoms with Crippen molar-refractivity contribution in [3.63, 3.8) is 0 Å². The Bertz CT molecular complexity index is 892. The van der Waals surface area contributed by atoms with Crippen LogP contribution in [-0.4, -0.2) is 20.3 Å². The third-order valence-electron chi connectivity index (χ3n) is 4.76. The maximum atomic E-state index is 13.4. The fourth-order valence-electron chi connectivity index (χ4n) is 3.11. The molecule has 1 aromatic carbocycles. The van der Waals surface area contributed by atoms with E-state index < -0.39 is 0 Å². The standard InChI is InChI=1S/C17H17FN4O/c1-9-8-12(18)4-5-13(9)17(6-7-17)16-19-15(23-22-16)14-10(2)11(3)20-21-14/h4-5,8H,6-7H2,1-3H3,(H,20,21). The summed E-state index contributed by atoms with van der Waals surface area (Å²) < 4.78 is 18.8. The second kappa shape index (κ2) is 4.75. The lowest BCUT2D eigenvalue weighted by Gasteiger charge is -2.14. The molecule has 0 radical (unpaired) electrons. The third-order valence-corrected chi connectivity index (χ3v) is 4.76. The first-order chi connectivity index (χ1) is 11.0. The summed E-state index contributed by atoms with van der Waals surface area (Å²) >= 11 is 0. The van der Waals surface area contributed by atoms with Crippen molar-refractivity contribution in [2.45, 2.75) is 39.0 Å². The number of aryl methyl sites for hydroxylation is 2. The molecule has 1 aliphatic rings. The van der Waals surface area contributed by atoms with E-state index in [2.05, 4.69) is 20.3 Å². The molecule has 4 rings (SSSR count). The van der Waals surface area contributed by atoms with Crippen LogP contribution in [0.4, 0.5) is 4.39 Å². The Morgan fingerprint density at radius 2 is 2.00 bits per heavy atom. The van der Waals surface area contributed by atoms with Gasteiger partial charge in [0.25, 0.3) is 5.89 Å². The molecule has 1 aliphatic carbocycles. The second-order valence-corrected chi connectivity index (χ2v) is 6.29. The summed E-state index contributed by atoms with van der Waals surface area (Å²) in [4.78, 5) is 4.57. The topological polar surface area (TPSA) is 67.6 Å². The molecular formula is C17H17FN4O. The lowest BCUT2D eigenvalue weighted by Crippen LogP contribution is -2.12. The molecule has 0 atom stereocenters. The van der Waals surface area contributed by atoms with Crippen molar-refractivity contribution in [3.8, 4) is 11.6 Å². The average Bonchev–Trinajstić information content (AvgIpc) is 3.03. The van der Waals surface area contributed by atoms with Gasteiger partial charge in [-0.1, -0.05) is 11.2 Å². The van der Waals surface area contributed by atoms with Crippen molar-refractivity contribution in [3.05, 3.63) is 52.2 Å². The van der Waals surface area contributed by atoms with Crippen LogP contribution in [0.3, 0.4) is 0 Å². The number of nitrogens with zero attached hydrogens (tertiary/aromatic N) is 3. The largest absolute Gasteiger partial charge is 0.332 e. The van der Waals surface area contributed by atoms with Crippen LogP contribution in [0.2, 0.25) is 0 Å². The first kappa shape index (κ1) is 14.1. The Morgan fingerprint density at radius 1 is 1.22 bits per heavy atom. The molecular weight excluding hydrogens is 295 g/mol. The normalized spacial score (nSPS) is 15.8. The van der Waals surface area contributed by atoms with E-state index in [9.17, 15) is 4.39 Å². The summed E-state index contributed by atoms with van der Waals surface area (Å²) in [6.07, 6.45) is 1.88. The molecule has 5 nitrogen and oxygen atoms in total. The number of aromatic nitrogens is 4. The molecule has 1 fully saturated rings. The van der Waals surface area contributed by atoms with Crippen molar-refractivity contribution < 1.29 is 8.91 Å². The number of aromatic amines is 1. The van der Waals surface area contributed by atoms with Crippen molar-refractivity contribution in [1.29, 1.82) is 0 Å². The molecule has 1 N–H and O–H groups in total. The molecule has 2 heterocycles. The van der Waals surface area contributed by atoms with Crippen LogP contribution in [-0.2, 0) is 5.41 Å². The number of benzene rings is 1. The van der Waals surface area contributed by atoms with Gasteiger partial charge in [0.15, 0.2) is 11.5 Å². The van der Waals surface area contributed by atoms with Gasteiger partial charge >= 0.3 is 0 Å². The zero-order valence-electron chi connectivity index (χ0n) is 13.3. The van der Waals surface area contributed by atoms with E-state index in [4.69, 9.17) is 4.52 Å². The fourth-order valence-corrected chi connectivity index (χ4v) is 3.11. The number of hydrogen-bond acceptors (Lipinski definition) is 4. The number of rotatable bonds is 3. The van der Waals surface area contributed by atoms with E-state index in [-0.39, 0.29) is 11.2 Å². The molecule has 3 aromatic rings. The van der Waals surface area contributed by atoms with Gasteiger partial charge in [-0.2, -0.15) is 10.1 Å². The molecule has 0 unspecified atom stereocenters. The van der Waals surface area contributed by atoms with Crippen LogP contribution in [0.5, 0.6) is 0 Å². The quantitative estimate of drug-likeness (QED) is 0.802. The van der Waals surface area contributed by atoms with Gasteiger partial charge in [0.05, 0.1) is 5.41 Å². The fraction of sp³-hybridized carbons (Fsp3) is 0.353. The van der Waals surface area contributed by atoms with E-state index >= 15 is 0 Å². The van der Waals surface area contributed by atoms with E-state index in [0.717, 1.165) is 35.2 Å². The van der Waals surface area contributed by atoms with Crippen LogP contribution < -0.4 is 0 Å². The zero-order chi connectivity index (χ0) is 16.2. The van der Waals surface area contributed by atoms with E-state index in [1.54, 1.807) is 6.07 Å². The SMILES string of the molecule is Cc1cc(F)ccc1C1(c2noc(-c3n[nH]c(C)c3C)n2)CC1. The number of nitrogens with one attached hydrogen (secondary N) is 1. The van der Waals surface area contributed by atoms with Crippen molar-refractivity contribution in [2.75, 3.05) is 0 Å². The van der Waals surface area contributed by atoms with Gasteiger partial charge in [-0.05, 0) is 56.9 Å². The third kappa shape index (κ3) is 2.09. The summed E-state index contributed by atoms with van der Waals surface area (Å²) in [6.45, 7) is 5.84. The monoisotopic (exact) mass is 312 g/mol. The van der Waals surface area contributed by atoms with Crippen molar-refractivity contribution in [2.24, 2.45) is 0 Å². The Morgan fingerprint density at radius 3 is 2.61 bits per heavy atom. The van der Waals surface area contributed by atoms with Gasteiger partial charge in [-0.3, -0.25) is 5.10 Å². The number of halogens is 1. The predicted molar refractivity (Wildman–Crippen MR) is 82.5 cm³/mol. The van der Waals surface area contributed by atoms with Gasteiger partial charge in [0, 0.05) is 11.3 Å². The van der Waals surface area contributed by atoms with Crippen LogP contribution >= 0.6 is 0 Å². The van der Waals surface area contributed by atoms with E-state index in [1.165, 1.54) is 6.07 Å². The summed E-state index contributed by atoms with van der Waals surface area (Å²) in [7, 11) is 0.